The van der Waals surface area contributed by atoms with Crippen molar-refractivity contribution in [3.8, 4) is 0 Å². The predicted molar refractivity (Wildman–Crippen MR) is 192 cm³/mol. The van der Waals surface area contributed by atoms with Gasteiger partial charge in [-0.25, -0.2) is 0 Å². The van der Waals surface area contributed by atoms with Crippen LogP contribution in [0.4, 0.5) is 26.3 Å². The van der Waals surface area contributed by atoms with Crippen molar-refractivity contribution < 1.29 is 45.3 Å². The summed E-state index contributed by atoms with van der Waals surface area (Å²) in [6.07, 6.45) is -10.0. The molecule has 2 bridgehead atoms. The van der Waals surface area contributed by atoms with Crippen LogP contribution in [0.25, 0.3) is 0 Å². The van der Waals surface area contributed by atoms with Crippen molar-refractivity contribution >= 4 is 5.97 Å². The van der Waals surface area contributed by atoms with Crippen LogP contribution in [0.1, 0.15) is 92.5 Å². The van der Waals surface area contributed by atoms with Crippen molar-refractivity contribution in [2.24, 2.45) is 5.92 Å². The molecule has 2 aliphatic rings. The third kappa shape index (κ3) is 8.38. The van der Waals surface area contributed by atoms with E-state index in [1.165, 1.54) is 0 Å². The summed E-state index contributed by atoms with van der Waals surface area (Å²) in [5.41, 5.74) is -2.13. The van der Waals surface area contributed by atoms with Gasteiger partial charge in [0.1, 0.15) is 11.7 Å². The summed E-state index contributed by atoms with van der Waals surface area (Å²) in [5.74, 6) is -0.726. The second kappa shape index (κ2) is 15.5. The van der Waals surface area contributed by atoms with E-state index in [0.29, 0.717) is 37.0 Å². The van der Waals surface area contributed by atoms with E-state index >= 15 is 0 Å². The third-order valence-electron chi connectivity index (χ3n) is 10.5. The molecule has 2 unspecified atom stereocenters. The number of esters is 1. The number of halogens is 6. The molecule has 5 nitrogen and oxygen atoms in total. The van der Waals surface area contributed by atoms with Gasteiger partial charge in [0.2, 0.25) is 0 Å². The number of piperidine rings is 1. The molecule has 2 fully saturated rings. The highest BCUT2D eigenvalue weighted by Gasteiger charge is 2.63. The fourth-order valence-electron chi connectivity index (χ4n) is 8.31. The molecule has 0 aliphatic carbocycles. The molecule has 6 rings (SSSR count). The van der Waals surface area contributed by atoms with Gasteiger partial charge in [0, 0.05) is 12.1 Å². The first-order valence-corrected chi connectivity index (χ1v) is 18.2. The van der Waals surface area contributed by atoms with E-state index in [0.717, 1.165) is 11.1 Å². The van der Waals surface area contributed by atoms with Gasteiger partial charge in [0.05, 0.1) is 41.9 Å². The number of rotatable bonds is 11. The lowest BCUT2D eigenvalue weighted by atomic mass is 9.77. The average Bonchev–Trinajstić information content (AvgIpc) is 3.38. The Hall–Kier alpha value is -4.19. The Morgan fingerprint density at radius 2 is 1.28 bits per heavy atom. The summed E-state index contributed by atoms with van der Waals surface area (Å²) in [4.78, 5) is 16.3. The van der Waals surface area contributed by atoms with Crippen LogP contribution < -0.4 is 0 Å². The highest BCUT2D eigenvalue weighted by Crippen LogP contribution is 2.57. The normalized spacial score (nSPS) is 23.2. The summed E-state index contributed by atoms with van der Waals surface area (Å²) < 4.78 is 102. The quantitative estimate of drug-likeness (QED) is 0.0867. The number of carbonyl (C=O) groups is 1. The fourth-order valence-corrected chi connectivity index (χ4v) is 8.31. The lowest BCUT2D eigenvalue weighted by Crippen LogP contribution is -2.58. The summed E-state index contributed by atoms with van der Waals surface area (Å²) in [6, 6.07) is 29.4. The maximum atomic E-state index is 13.9. The molecule has 288 valence electrons. The van der Waals surface area contributed by atoms with E-state index < -0.39 is 52.7 Å². The first kappa shape index (κ1) is 39.5. The van der Waals surface area contributed by atoms with Crippen molar-refractivity contribution in [1.29, 1.82) is 0 Å². The number of carbonyl (C=O) groups excluding carboxylic acids is 1. The van der Waals surface area contributed by atoms with Gasteiger partial charge in [-0.15, -0.1) is 0 Å². The van der Waals surface area contributed by atoms with E-state index in [4.69, 9.17) is 14.2 Å². The lowest BCUT2D eigenvalue weighted by molar-refractivity contribution is -0.161. The monoisotopic (exact) mass is 753 g/mol. The minimum absolute atomic E-state index is 0.0109. The second-order valence-electron chi connectivity index (χ2n) is 15.1. The van der Waals surface area contributed by atoms with Crippen LogP contribution in [-0.4, -0.2) is 41.8 Å². The van der Waals surface area contributed by atoms with Crippen molar-refractivity contribution in [2.75, 3.05) is 13.2 Å². The Kier molecular flexibility index (Phi) is 11.3. The van der Waals surface area contributed by atoms with Gasteiger partial charge in [0.15, 0.2) is 0 Å². The molecule has 11 heteroatoms. The largest absolute Gasteiger partial charge is 0.460 e. The number of fused-ring (bicyclic) bond motifs is 2. The van der Waals surface area contributed by atoms with Crippen LogP contribution in [0, 0.1) is 5.92 Å². The molecule has 2 aliphatic heterocycles. The predicted octanol–water partition coefficient (Wildman–Crippen LogP) is 10.7. The standard InChI is InChI=1S/C43H45F6NO4/c1-28(29-14-8-5-9-15-29)50-36-20-21-37(41(50,32-18-12-7-13-19-32)27-35(36)39(51)54-40(2,3)4)52-22-23-53-38(30-16-10-6-11-17-30)31-24-33(42(44,45)46)26-34(25-31)43(47,48)49/h5-19,24-26,28,35-38H,20-23,27H2,1-4H3/t28?,35-,36+,37-,38?,41-/m0/s1. The molecule has 0 N–H and O–H groups in total. The van der Waals surface area contributed by atoms with Gasteiger partial charge < -0.3 is 14.2 Å². The third-order valence-corrected chi connectivity index (χ3v) is 10.5. The number of ether oxygens (including phenoxy) is 3. The average molecular weight is 754 g/mol. The molecule has 0 saturated carbocycles. The van der Waals surface area contributed by atoms with Crippen LogP contribution in [0.2, 0.25) is 0 Å². The van der Waals surface area contributed by atoms with Gasteiger partial charge in [0.25, 0.3) is 0 Å². The van der Waals surface area contributed by atoms with Crippen molar-refractivity contribution in [1.82, 2.24) is 4.90 Å². The number of nitrogens with zero attached hydrogens (tertiary/aromatic N) is 1. The first-order chi connectivity index (χ1) is 25.5. The molecule has 2 saturated heterocycles. The zero-order valence-corrected chi connectivity index (χ0v) is 30.7. The Bertz CT molecular complexity index is 1830. The summed E-state index contributed by atoms with van der Waals surface area (Å²) in [5, 5.41) is 0. The molecule has 0 aromatic heterocycles. The molecule has 2 heterocycles. The minimum Gasteiger partial charge on any atom is -0.460 e. The van der Waals surface area contributed by atoms with Crippen molar-refractivity contribution in [3.05, 3.63) is 143 Å². The molecule has 0 radical (unpaired) electrons. The molecular formula is C43H45F6NO4. The van der Waals surface area contributed by atoms with E-state index in [2.05, 4.69) is 24.0 Å². The van der Waals surface area contributed by atoms with E-state index in [1.807, 2.05) is 69.3 Å². The summed E-state index contributed by atoms with van der Waals surface area (Å²) >= 11 is 0. The molecule has 6 atom stereocenters. The molecule has 0 amide bonds. The zero-order valence-electron chi connectivity index (χ0n) is 30.7. The molecule has 0 spiro atoms. The van der Waals surface area contributed by atoms with Gasteiger partial charge in [-0.1, -0.05) is 91.0 Å². The highest BCUT2D eigenvalue weighted by atomic mass is 19.4. The molecular weight excluding hydrogens is 708 g/mol. The number of benzene rings is 4. The van der Waals surface area contributed by atoms with Crippen LogP contribution >= 0.6 is 0 Å². The summed E-state index contributed by atoms with van der Waals surface area (Å²) in [6.45, 7) is 7.52. The maximum absolute atomic E-state index is 13.9. The first-order valence-electron chi connectivity index (χ1n) is 18.2. The Morgan fingerprint density at radius 3 is 1.81 bits per heavy atom. The number of alkyl halides is 6. The van der Waals surface area contributed by atoms with Crippen LogP contribution in [-0.2, 0) is 36.9 Å². The van der Waals surface area contributed by atoms with Crippen molar-refractivity contribution in [2.45, 2.75) is 94.7 Å². The van der Waals surface area contributed by atoms with Gasteiger partial charge in [-0.3, -0.25) is 9.69 Å². The Morgan fingerprint density at radius 1 is 0.741 bits per heavy atom. The van der Waals surface area contributed by atoms with Crippen LogP contribution in [0.3, 0.4) is 0 Å². The maximum Gasteiger partial charge on any atom is 0.416 e. The van der Waals surface area contributed by atoms with Crippen LogP contribution in [0.5, 0.6) is 0 Å². The topological polar surface area (TPSA) is 48.0 Å². The lowest BCUT2D eigenvalue weighted by Gasteiger charge is -2.52. The number of hydrogen-bond acceptors (Lipinski definition) is 5. The SMILES string of the molecule is CC(c1ccccc1)N1[C@@H]2CC[C@H](OCCOC(c3ccccc3)c3cc(C(F)(F)F)cc(C(F)(F)F)c3)[C@@]1(c1ccccc1)C[C@@H]2C(=O)OC(C)(C)C. The zero-order chi connectivity index (χ0) is 38.9. The highest BCUT2D eigenvalue weighted by molar-refractivity contribution is 5.75. The minimum atomic E-state index is -5.01. The van der Waals surface area contributed by atoms with Gasteiger partial charge in [-0.05, 0) is 87.4 Å². The smallest absolute Gasteiger partial charge is 0.416 e. The van der Waals surface area contributed by atoms with E-state index in [1.54, 1.807) is 30.3 Å². The van der Waals surface area contributed by atoms with E-state index in [9.17, 15) is 31.1 Å². The van der Waals surface area contributed by atoms with Crippen LogP contribution in [0.15, 0.2) is 109 Å². The van der Waals surface area contributed by atoms with Gasteiger partial charge in [-0.2, -0.15) is 26.3 Å². The fraction of sp³-hybridized carbons (Fsp3) is 0.419. The van der Waals surface area contributed by atoms with Gasteiger partial charge >= 0.3 is 18.3 Å². The Labute approximate surface area is 312 Å². The number of hydrogen-bond donors (Lipinski definition) is 0. The Balaban J connectivity index is 1.33. The van der Waals surface area contributed by atoms with E-state index in [-0.39, 0.29) is 42.9 Å². The summed E-state index contributed by atoms with van der Waals surface area (Å²) in [7, 11) is 0. The molecule has 54 heavy (non-hydrogen) atoms. The van der Waals surface area contributed by atoms with Crippen molar-refractivity contribution in [3.63, 3.8) is 0 Å². The molecule has 4 aromatic carbocycles. The second-order valence-corrected chi connectivity index (χ2v) is 15.1. The molecule has 4 aromatic rings.